The highest BCUT2D eigenvalue weighted by molar-refractivity contribution is 6.06. The van der Waals surface area contributed by atoms with E-state index >= 15 is 0 Å². The van der Waals surface area contributed by atoms with Crippen LogP contribution in [0.15, 0.2) is 6.07 Å². The maximum atomic E-state index is 13.4. The van der Waals surface area contributed by atoms with E-state index in [1.807, 2.05) is 24.9 Å². The Morgan fingerprint density at radius 3 is 2.56 bits per heavy atom. The van der Waals surface area contributed by atoms with Crippen molar-refractivity contribution in [1.82, 2.24) is 24.6 Å². The number of carbonyl (C=O) groups excluding carboxylic acids is 1. The molecule has 0 aliphatic carbocycles. The largest absolute Gasteiger partial charge is 0.337 e. The first-order valence-electron chi connectivity index (χ1n) is 9.00. The van der Waals surface area contributed by atoms with E-state index in [1.165, 1.54) is 0 Å². The number of fused-ring (bicyclic) bond motifs is 1. The molecule has 2 aromatic heterocycles. The van der Waals surface area contributed by atoms with Gasteiger partial charge in [-0.1, -0.05) is 20.8 Å². The number of likely N-dealkylation sites (tertiary alicyclic amines) is 1. The highest BCUT2D eigenvalue weighted by Crippen LogP contribution is 2.28. The zero-order valence-corrected chi connectivity index (χ0v) is 16.4. The van der Waals surface area contributed by atoms with Crippen LogP contribution in [-0.2, 0) is 7.05 Å². The zero-order chi connectivity index (χ0) is 18.5. The van der Waals surface area contributed by atoms with Gasteiger partial charge in [-0.3, -0.25) is 9.48 Å². The Morgan fingerprint density at radius 2 is 2.00 bits per heavy atom. The van der Waals surface area contributed by atoms with E-state index in [0.29, 0.717) is 12.0 Å². The van der Waals surface area contributed by atoms with Crippen LogP contribution in [0.25, 0.3) is 11.0 Å². The van der Waals surface area contributed by atoms with E-state index < -0.39 is 0 Å². The number of aromatic nitrogens is 3. The molecule has 0 unspecified atom stereocenters. The normalized spacial score (nSPS) is 21.1. The van der Waals surface area contributed by atoms with E-state index in [-0.39, 0.29) is 11.8 Å². The fourth-order valence-electron chi connectivity index (χ4n) is 3.89. The van der Waals surface area contributed by atoms with Crippen LogP contribution in [0.3, 0.4) is 0 Å². The summed E-state index contributed by atoms with van der Waals surface area (Å²) >= 11 is 0. The summed E-state index contributed by atoms with van der Waals surface area (Å²) in [6.45, 7) is 9.94. The first kappa shape index (κ1) is 17.9. The molecule has 0 aromatic carbocycles. The van der Waals surface area contributed by atoms with E-state index in [0.717, 1.165) is 41.1 Å². The van der Waals surface area contributed by atoms with E-state index in [9.17, 15) is 4.79 Å². The van der Waals surface area contributed by atoms with Gasteiger partial charge in [0.15, 0.2) is 5.65 Å². The van der Waals surface area contributed by atoms with Crippen molar-refractivity contribution < 1.29 is 4.79 Å². The minimum atomic E-state index is 0.0987. The standard InChI is InChI=1S/C19H29N5O/c1-11(2)15-8-14(17-13(4)21-23(7)18(17)20-15)19(25)24-9-12(3)16(10-24)22(5)6/h8,11-12,16H,9-10H2,1-7H3/t12-,16+/m1/s1. The summed E-state index contributed by atoms with van der Waals surface area (Å²) < 4.78 is 1.78. The van der Waals surface area contributed by atoms with Crippen molar-refractivity contribution in [2.45, 2.75) is 39.7 Å². The second kappa shape index (κ2) is 6.41. The number of nitrogens with zero attached hydrogens (tertiary/aromatic N) is 5. The van der Waals surface area contributed by atoms with Crippen molar-refractivity contribution >= 4 is 16.9 Å². The van der Waals surface area contributed by atoms with Crippen LogP contribution in [0.1, 0.15) is 48.4 Å². The van der Waals surface area contributed by atoms with Gasteiger partial charge in [0.2, 0.25) is 0 Å². The molecule has 3 rings (SSSR count). The summed E-state index contributed by atoms with van der Waals surface area (Å²) in [5, 5.41) is 5.38. The molecule has 1 aliphatic heterocycles. The molecule has 0 N–H and O–H groups in total. The van der Waals surface area contributed by atoms with Crippen molar-refractivity contribution in [3.8, 4) is 0 Å². The van der Waals surface area contributed by atoms with Gasteiger partial charge in [0.25, 0.3) is 5.91 Å². The molecule has 0 radical (unpaired) electrons. The molecule has 6 nitrogen and oxygen atoms in total. The van der Waals surface area contributed by atoms with Gasteiger partial charge in [0.05, 0.1) is 16.6 Å². The molecule has 136 valence electrons. The number of amides is 1. The van der Waals surface area contributed by atoms with Crippen molar-refractivity contribution in [2.75, 3.05) is 27.2 Å². The van der Waals surface area contributed by atoms with Crippen LogP contribution in [-0.4, -0.2) is 63.7 Å². The van der Waals surface area contributed by atoms with Crippen molar-refractivity contribution in [1.29, 1.82) is 0 Å². The number of pyridine rings is 1. The van der Waals surface area contributed by atoms with Crippen molar-refractivity contribution in [3.05, 3.63) is 23.0 Å². The highest BCUT2D eigenvalue weighted by Gasteiger charge is 2.35. The Hall–Kier alpha value is -1.95. The van der Waals surface area contributed by atoms with Gasteiger partial charge < -0.3 is 9.80 Å². The Labute approximate surface area is 149 Å². The maximum absolute atomic E-state index is 13.4. The van der Waals surface area contributed by atoms with Crippen LogP contribution in [0.5, 0.6) is 0 Å². The average Bonchev–Trinajstić information content (AvgIpc) is 3.06. The summed E-state index contributed by atoms with van der Waals surface area (Å²) in [5.74, 6) is 0.829. The third-order valence-electron chi connectivity index (χ3n) is 5.33. The highest BCUT2D eigenvalue weighted by atomic mass is 16.2. The second-order valence-corrected chi connectivity index (χ2v) is 7.88. The first-order valence-corrected chi connectivity index (χ1v) is 9.00. The maximum Gasteiger partial charge on any atom is 0.254 e. The smallest absolute Gasteiger partial charge is 0.254 e. The predicted molar refractivity (Wildman–Crippen MR) is 99.9 cm³/mol. The lowest BCUT2D eigenvalue weighted by atomic mass is 10.0. The minimum absolute atomic E-state index is 0.0987. The molecule has 6 heteroatoms. The number of aryl methyl sites for hydroxylation is 2. The van der Waals surface area contributed by atoms with Crippen LogP contribution >= 0.6 is 0 Å². The topological polar surface area (TPSA) is 54.3 Å². The summed E-state index contributed by atoms with van der Waals surface area (Å²) in [7, 11) is 6.06. The van der Waals surface area contributed by atoms with Gasteiger partial charge in [-0.15, -0.1) is 0 Å². The molecule has 2 aromatic rings. The Kier molecular flexibility index (Phi) is 4.58. The third-order valence-corrected chi connectivity index (χ3v) is 5.33. The third kappa shape index (κ3) is 3.03. The zero-order valence-electron chi connectivity index (χ0n) is 16.4. The lowest BCUT2D eigenvalue weighted by molar-refractivity contribution is 0.0783. The van der Waals surface area contributed by atoms with Crippen LogP contribution in [0.4, 0.5) is 0 Å². The molecular formula is C19H29N5O. The molecule has 1 amide bonds. The number of hydrogen-bond donors (Lipinski definition) is 0. The molecule has 0 spiro atoms. The summed E-state index contributed by atoms with van der Waals surface area (Å²) in [4.78, 5) is 22.3. The van der Waals surface area contributed by atoms with E-state index in [2.05, 4.69) is 44.9 Å². The summed E-state index contributed by atoms with van der Waals surface area (Å²) in [6.07, 6.45) is 0. The van der Waals surface area contributed by atoms with Crippen molar-refractivity contribution in [3.63, 3.8) is 0 Å². The summed E-state index contributed by atoms with van der Waals surface area (Å²) in [5.41, 5.74) is 3.34. The van der Waals surface area contributed by atoms with Crippen molar-refractivity contribution in [2.24, 2.45) is 13.0 Å². The average molecular weight is 343 g/mol. The lowest BCUT2D eigenvalue weighted by Crippen LogP contribution is -2.35. The SMILES string of the molecule is Cc1nn(C)c2nc(C(C)C)cc(C(=O)N3C[C@@H](C)[C@@H](N(C)C)C3)c12. The second-order valence-electron chi connectivity index (χ2n) is 7.88. The lowest BCUT2D eigenvalue weighted by Gasteiger charge is -2.22. The fraction of sp³-hybridized carbons (Fsp3) is 0.632. The number of carbonyl (C=O) groups is 1. The van der Waals surface area contributed by atoms with Gasteiger partial charge >= 0.3 is 0 Å². The van der Waals surface area contributed by atoms with Gasteiger partial charge in [0, 0.05) is 31.9 Å². The van der Waals surface area contributed by atoms with Gasteiger partial charge in [0.1, 0.15) is 0 Å². The number of hydrogen-bond acceptors (Lipinski definition) is 4. The van der Waals surface area contributed by atoms with Gasteiger partial charge in [-0.25, -0.2) is 4.98 Å². The Bertz CT molecular complexity index is 808. The molecule has 0 bridgehead atoms. The number of likely N-dealkylation sites (N-methyl/N-ethyl adjacent to an activating group) is 1. The van der Waals surface area contributed by atoms with Gasteiger partial charge in [-0.05, 0) is 38.9 Å². The number of rotatable bonds is 3. The molecule has 25 heavy (non-hydrogen) atoms. The van der Waals surface area contributed by atoms with Crippen LogP contribution in [0.2, 0.25) is 0 Å². The van der Waals surface area contributed by atoms with Crippen LogP contribution < -0.4 is 0 Å². The molecule has 3 heterocycles. The molecule has 0 saturated carbocycles. The molecule has 1 aliphatic rings. The molecule has 1 fully saturated rings. The molecular weight excluding hydrogens is 314 g/mol. The monoisotopic (exact) mass is 343 g/mol. The van der Waals surface area contributed by atoms with E-state index in [1.54, 1.807) is 4.68 Å². The molecule has 2 atom stereocenters. The van der Waals surface area contributed by atoms with Crippen LogP contribution in [0, 0.1) is 12.8 Å². The summed E-state index contributed by atoms with van der Waals surface area (Å²) in [6, 6.07) is 2.37. The Morgan fingerprint density at radius 1 is 1.32 bits per heavy atom. The quantitative estimate of drug-likeness (QED) is 0.859. The molecule has 1 saturated heterocycles. The van der Waals surface area contributed by atoms with Gasteiger partial charge in [-0.2, -0.15) is 5.10 Å². The Balaban J connectivity index is 2.07. The minimum Gasteiger partial charge on any atom is -0.337 e. The van der Waals surface area contributed by atoms with E-state index in [4.69, 9.17) is 4.98 Å². The fourth-order valence-corrected chi connectivity index (χ4v) is 3.89. The predicted octanol–water partition coefficient (Wildman–Crippen LogP) is 2.42. The first-order chi connectivity index (χ1) is 11.7.